The van der Waals surface area contributed by atoms with Crippen LogP contribution < -0.4 is 4.74 Å². The highest BCUT2D eigenvalue weighted by molar-refractivity contribution is 8.03. The third-order valence-electron chi connectivity index (χ3n) is 3.23. The Kier molecular flexibility index (Phi) is 7.49. The summed E-state index contributed by atoms with van der Waals surface area (Å²) in [6.07, 6.45) is 4.92. The van der Waals surface area contributed by atoms with E-state index in [1.807, 2.05) is 42.5 Å². The fourth-order valence-electron chi connectivity index (χ4n) is 1.99. The van der Waals surface area contributed by atoms with Gasteiger partial charge in [0.25, 0.3) is 0 Å². The third kappa shape index (κ3) is 6.28. The molecule has 0 heterocycles. The average molecular weight is 310 g/mol. The molecule has 0 aromatic heterocycles. The Hall–Kier alpha value is -1.85. The largest absolute Gasteiger partial charge is 0.494 e. The van der Waals surface area contributed by atoms with E-state index in [-0.39, 0.29) is 0 Å². The summed E-state index contributed by atoms with van der Waals surface area (Å²) in [5, 5.41) is 3.13. The SMILES string of the molecule is CCCCCCOc1ccc(C#CSc2ccccc2)cc1. The van der Waals surface area contributed by atoms with E-state index in [1.54, 1.807) is 11.8 Å². The van der Waals surface area contributed by atoms with Gasteiger partial charge in [-0.15, -0.1) is 0 Å². The summed E-state index contributed by atoms with van der Waals surface area (Å²) in [6.45, 7) is 3.02. The molecule has 2 rings (SSSR count). The maximum absolute atomic E-state index is 5.73. The van der Waals surface area contributed by atoms with E-state index in [1.165, 1.54) is 24.2 Å². The fraction of sp³-hybridized carbons (Fsp3) is 0.300. The van der Waals surface area contributed by atoms with E-state index in [4.69, 9.17) is 4.74 Å². The molecule has 0 amide bonds. The van der Waals surface area contributed by atoms with Crippen molar-refractivity contribution < 1.29 is 4.74 Å². The number of hydrogen-bond donors (Lipinski definition) is 0. The van der Waals surface area contributed by atoms with Gasteiger partial charge < -0.3 is 4.74 Å². The molecule has 0 aliphatic carbocycles. The van der Waals surface area contributed by atoms with Gasteiger partial charge in [-0.25, -0.2) is 0 Å². The third-order valence-corrected chi connectivity index (χ3v) is 3.94. The smallest absolute Gasteiger partial charge is 0.119 e. The average Bonchev–Trinajstić information content (AvgIpc) is 2.57. The van der Waals surface area contributed by atoms with Gasteiger partial charge in [0.05, 0.1) is 6.61 Å². The summed E-state index contributed by atoms with van der Waals surface area (Å²) >= 11 is 1.55. The molecule has 0 aliphatic heterocycles. The molecule has 2 aromatic carbocycles. The predicted molar refractivity (Wildman–Crippen MR) is 95.3 cm³/mol. The Balaban J connectivity index is 1.77. The van der Waals surface area contributed by atoms with E-state index in [9.17, 15) is 0 Å². The molecule has 0 spiro atoms. The molecule has 0 bridgehead atoms. The number of hydrogen-bond acceptors (Lipinski definition) is 2. The Morgan fingerprint density at radius 1 is 0.909 bits per heavy atom. The first-order valence-corrected chi connectivity index (χ1v) is 8.66. The van der Waals surface area contributed by atoms with Crippen LogP contribution in [0.5, 0.6) is 5.75 Å². The van der Waals surface area contributed by atoms with Gasteiger partial charge in [0, 0.05) is 10.5 Å². The lowest BCUT2D eigenvalue weighted by Crippen LogP contribution is -1.96. The van der Waals surface area contributed by atoms with Crippen molar-refractivity contribution in [3.63, 3.8) is 0 Å². The van der Waals surface area contributed by atoms with Crippen LogP contribution in [0.3, 0.4) is 0 Å². The van der Waals surface area contributed by atoms with Crippen LogP contribution in [0.4, 0.5) is 0 Å². The molecule has 0 fully saturated rings. The van der Waals surface area contributed by atoms with Crippen molar-refractivity contribution in [1.29, 1.82) is 0 Å². The van der Waals surface area contributed by atoms with Crippen LogP contribution in [0.15, 0.2) is 59.5 Å². The quantitative estimate of drug-likeness (QED) is 0.366. The van der Waals surface area contributed by atoms with Crippen LogP contribution in [-0.2, 0) is 0 Å². The maximum atomic E-state index is 5.73. The molecule has 0 N–H and O–H groups in total. The molecule has 0 saturated heterocycles. The van der Waals surface area contributed by atoms with E-state index in [0.29, 0.717) is 0 Å². The van der Waals surface area contributed by atoms with Crippen LogP contribution in [-0.4, -0.2) is 6.61 Å². The summed E-state index contributed by atoms with van der Waals surface area (Å²) in [5.41, 5.74) is 1.02. The van der Waals surface area contributed by atoms with E-state index in [2.05, 4.69) is 30.2 Å². The highest BCUT2D eigenvalue weighted by Crippen LogP contribution is 2.16. The van der Waals surface area contributed by atoms with E-state index >= 15 is 0 Å². The normalized spacial score (nSPS) is 9.86. The minimum atomic E-state index is 0.800. The molecule has 114 valence electrons. The van der Waals surface area contributed by atoms with Gasteiger partial charge in [-0.05, 0) is 59.8 Å². The second kappa shape index (κ2) is 9.97. The van der Waals surface area contributed by atoms with Crippen molar-refractivity contribution >= 4 is 11.8 Å². The van der Waals surface area contributed by atoms with Gasteiger partial charge in [0.2, 0.25) is 0 Å². The lowest BCUT2D eigenvalue weighted by molar-refractivity contribution is 0.305. The van der Waals surface area contributed by atoms with Gasteiger partial charge in [0.1, 0.15) is 5.75 Å². The summed E-state index contributed by atoms with van der Waals surface area (Å²) in [7, 11) is 0. The second-order valence-corrected chi connectivity index (χ2v) is 5.96. The fourth-order valence-corrected chi connectivity index (χ4v) is 2.57. The first-order valence-electron chi connectivity index (χ1n) is 7.84. The van der Waals surface area contributed by atoms with E-state index < -0.39 is 0 Å². The van der Waals surface area contributed by atoms with Crippen molar-refractivity contribution in [3.8, 4) is 16.9 Å². The molecule has 0 saturated carbocycles. The summed E-state index contributed by atoms with van der Waals surface area (Å²) in [6, 6.07) is 18.2. The number of unbranched alkanes of at least 4 members (excludes halogenated alkanes) is 3. The second-order valence-electron chi connectivity index (χ2n) is 5.08. The number of ether oxygens (including phenoxy) is 1. The zero-order valence-electron chi connectivity index (χ0n) is 13.0. The Morgan fingerprint density at radius 2 is 1.68 bits per heavy atom. The molecular formula is C20H22OS. The molecule has 2 aromatic rings. The zero-order valence-corrected chi connectivity index (χ0v) is 13.9. The molecule has 0 atom stereocenters. The van der Waals surface area contributed by atoms with Gasteiger partial charge in [-0.2, -0.15) is 0 Å². The Morgan fingerprint density at radius 3 is 2.41 bits per heavy atom. The molecule has 0 unspecified atom stereocenters. The van der Waals surface area contributed by atoms with Crippen molar-refractivity contribution in [2.75, 3.05) is 6.61 Å². The molecule has 1 nitrogen and oxygen atoms in total. The minimum absolute atomic E-state index is 0.800. The summed E-state index contributed by atoms with van der Waals surface area (Å²) < 4.78 is 5.73. The molecule has 2 heteroatoms. The minimum Gasteiger partial charge on any atom is -0.494 e. The standard InChI is InChI=1S/C20H22OS/c1-2-3-4-8-16-21-19-13-11-18(12-14-19)15-17-22-20-9-6-5-7-10-20/h5-7,9-14H,2-4,8,16H2,1H3. The molecule has 0 aliphatic rings. The lowest BCUT2D eigenvalue weighted by Gasteiger charge is -2.05. The van der Waals surface area contributed by atoms with Crippen molar-refractivity contribution in [1.82, 2.24) is 0 Å². The van der Waals surface area contributed by atoms with Crippen LogP contribution in [0.25, 0.3) is 0 Å². The van der Waals surface area contributed by atoms with E-state index in [0.717, 1.165) is 24.3 Å². The summed E-state index contributed by atoms with van der Waals surface area (Å²) in [5.74, 6) is 4.09. The van der Waals surface area contributed by atoms with Gasteiger partial charge in [-0.3, -0.25) is 0 Å². The number of benzene rings is 2. The van der Waals surface area contributed by atoms with Crippen LogP contribution in [0.2, 0.25) is 0 Å². The predicted octanol–water partition coefficient (Wildman–Crippen LogP) is 5.75. The lowest BCUT2D eigenvalue weighted by atomic mass is 10.2. The number of thioether (sulfide) groups is 1. The van der Waals surface area contributed by atoms with Gasteiger partial charge >= 0.3 is 0 Å². The maximum Gasteiger partial charge on any atom is 0.119 e. The van der Waals surface area contributed by atoms with Gasteiger partial charge in [0.15, 0.2) is 0 Å². The highest BCUT2D eigenvalue weighted by Gasteiger charge is 1.94. The van der Waals surface area contributed by atoms with Crippen LogP contribution >= 0.6 is 11.8 Å². The van der Waals surface area contributed by atoms with Gasteiger partial charge in [-0.1, -0.05) is 50.3 Å². The van der Waals surface area contributed by atoms with Crippen molar-refractivity contribution in [2.45, 2.75) is 37.5 Å². The molecule has 22 heavy (non-hydrogen) atoms. The topological polar surface area (TPSA) is 9.23 Å². The highest BCUT2D eigenvalue weighted by atomic mass is 32.2. The van der Waals surface area contributed by atoms with Crippen molar-refractivity contribution in [2.24, 2.45) is 0 Å². The van der Waals surface area contributed by atoms with Crippen molar-refractivity contribution in [3.05, 3.63) is 60.2 Å². The zero-order chi connectivity index (χ0) is 15.5. The van der Waals surface area contributed by atoms with Crippen LogP contribution in [0, 0.1) is 11.2 Å². The first-order chi connectivity index (χ1) is 10.9. The summed E-state index contributed by atoms with van der Waals surface area (Å²) in [4.78, 5) is 1.17. The molecular weight excluding hydrogens is 288 g/mol. The molecule has 0 radical (unpaired) electrons. The number of rotatable bonds is 7. The Labute approximate surface area is 138 Å². The monoisotopic (exact) mass is 310 g/mol. The first kappa shape index (κ1) is 16.5. The van der Waals surface area contributed by atoms with Crippen LogP contribution in [0.1, 0.15) is 38.2 Å². The Bertz CT molecular complexity index is 593.